The fourth-order valence-corrected chi connectivity index (χ4v) is 5.05. The minimum absolute atomic E-state index is 0.160. The van der Waals surface area contributed by atoms with Gasteiger partial charge < -0.3 is 5.32 Å². The topological polar surface area (TPSA) is 42.3 Å². The van der Waals surface area contributed by atoms with Gasteiger partial charge in [0.2, 0.25) is 0 Å². The molecule has 1 N–H and O–H groups in total. The Kier molecular flexibility index (Phi) is 6.18. The fourth-order valence-electron chi connectivity index (χ4n) is 5.05. The fraction of sp³-hybridized carbons (Fsp3) is 0.950. The third kappa shape index (κ3) is 3.95. The molecule has 0 aromatic carbocycles. The maximum Gasteiger partial charge on any atom is 0.0642 e. The second kappa shape index (κ2) is 8.17. The summed E-state index contributed by atoms with van der Waals surface area (Å²) in [5.74, 6) is 0.918. The van der Waals surface area contributed by atoms with Crippen molar-refractivity contribution in [1.29, 1.82) is 5.26 Å². The van der Waals surface area contributed by atoms with Gasteiger partial charge in [-0.3, -0.25) is 9.80 Å². The van der Waals surface area contributed by atoms with Crippen molar-refractivity contribution in [2.24, 2.45) is 5.92 Å². The Morgan fingerprint density at radius 3 is 2.33 bits per heavy atom. The molecule has 136 valence electrons. The van der Waals surface area contributed by atoms with E-state index >= 15 is 0 Å². The summed E-state index contributed by atoms with van der Waals surface area (Å²) in [4.78, 5) is 5.34. The molecule has 0 atom stereocenters. The molecule has 3 fully saturated rings. The van der Waals surface area contributed by atoms with E-state index in [1.807, 2.05) is 0 Å². The predicted molar refractivity (Wildman–Crippen MR) is 98.8 cm³/mol. The van der Waals surface area contributed by atoms with Crippen molar-refractivity contribution in [2.75, 3.05) is 32.7 Å². The van der Waals surface area contributed by atoms with E-state index in [9.17, 15) is 5.26 Å². The molecule has 3 rings (SSSR count). The van der Waals surface area contributed by atoms with Crippen molar-refractivity contribution in [3.63, 3.8) is 0 Å². The number of nitrogens with zero attached hydrogens (tertiary/aromatic N) is 3. The lowest BCUT2D eigenvalue weighted by molar-refractivity contribution is -0.0890. The van der Waals surface area contributed by atoms with E-state index < -0.39 is 0 Å². The zero-order valence-electron chi connectivity index (χ0n) is 15.8. The van der Waals surface area contributed by atoms with Gasteiger partial charge in [0.25, 0.3) is 0 Å². The number of nitrogens with one attached hydrogen (secondary N) is 1. The Bertz CT molecular complexity index is 421. The molecule has 0 aromatic heterocycles. The summed E-state index contributed by atoms with van der Waals surface area (Å²) in [6, 6.07) is 3.98. The molecular weight excluding hydrogens is 296 g/mol. The molecule has 0 amide bonds. The van der Waals surface area contributed by atoms with Crippen LogP contribution < -0.4 is 5.32 Å². The van der Waals surface area contributed by atoms with Gasteiger partial charge in [0.05, 0.1) is 18.0 Å². The molecule has 0 aromatic rings. The first-order chi connectivity index (χ1) is 11.7. The van der Waals surface area contributed by atoms with E-state index in [2.05, 4.69) is 35.0 Å². The number of piperidine rings is 1. The van der Waals surface area contributed by atoms with E-state index in [1.54, 1.807) is 0 Å². The van der Waals surface area contributed by atoms with Crippen molar-refractivity contribution in [3.8, 4) is 6.07 Å². The van der Waals surface area contributed by atoms with Crippen LogP contribution in [0.2, 0.25) is 0 Å². The first kappa shape index (κ1) is 18.2. The SMILES string of the molecule is CCCNC1CCN(C2(CC#N)CN(C3CCC(C)CC3)C2)CC1. The highest BCUT2D eigenvalue weighted by molar-refractivity contribution is 5.10. The third-order valence-electron chi connectivity index (χ3n) is 6.75. The van der Waals surface area contributed by atoms with Gasteiger partial charge >= 0.3 is 0 Å². The summed E-state index contributed by atoms with van der Waals surface area (Å²) in [6.45, 7) is 10.4. The number of nitriles is 1. The number of hydrogen-bond acceptors (Lipinski definition) is 4. The molecule has 0 bridgehead atoms. The largest absolute Gasteiger partial charge is 0.314 e. The van der Waals surface area contributed by atoms with Gasteiger partial charge in [-0.15, -0.1) is 0 Å². The van der Waals surface area contributed by atoms with Crippen LogP contribution in [-0.2, 0) is 0 Å². The third-order valence-corrected chi connectivity index (χ3v) is 6.75. The lowest BCUT2D eigenvalue weighted by Gasteiger charge is -2.59. The number of likely N-dealkylation sites (tertiary alicyclic amines) is 2. The molecule has 2 heterocycles. The highest BCUT2D eigenvalue weighted by Gasteiger charge is 2.50. The molecule has 0 radical (unpaired) electrons. The van der Waals surface area contributed by atoms with Crippen LogP contribution in [0.5, 0.6) is 0 Å². The molecule has 0 unspecified atom stereocenters. The zero-order chi connectivity index (χ0) is 17.0. The average Bonchev–Trinajstić information content (AvgIpc) is 2.57. The molecule has 2 saturated heterocycles. The summed E-state index contributed by atoms with van der Waals surface area (Å²) in [5.41, 5.74) is 0.160. The van der Waals surface area contributed by atoms with Crippen molar-refractivity contribution in [2.45, 2.75) is 82.8 Å². The lowest BCUT2D eigenvalue weighted by Crippen LogP contribution is -2.73. The van der Waals surface area contributed by atoms with Crippen LogP contribution in [0.1, 0.15) is 65.2 Å². The van der Waals surface area contributed by atoms with Crippen LogP contribution in [-0.4, -0.2) is 60.1 Å². The highest BCUT2D eigenvalue weighted by atomic mass is 15.4. The van der Waals surface area contributed by atoms with Crippen LogP contribution in [0.3, 0.4) is 0 Å². The summed E-state index contributed by atoms with van der Waals surface area (Å²) in [6.07, 6.45) is 9.93. The van der Waals surface area contributed by atoms with Crippen molar-refractivity contribution >= 4 is 0 Å². The second-order valence-corrected chi connectivity index (χ2v) is 8.59. The second-order valence-electron chi connectivity index (χ2n) is 8.59. The van der Waals surface area contributed by atoms with Gasteiger partial charge in [-0.1, -0.05) is 13.8 Å². The van der Waals surface area contributed by atoms with Gasteiger partial charge in [0.15, 0.2) is 0 Å². The summed E-state index contributed by atoms with van der Waals surface area (Å²) in [7, 11) is 0. The van der Waals surface area contributed by atoms with E-state index in [4.69, 9.17) is 0 Å². The maximum atomic E-state index is 9.39. The smallest absolute Gasteiger partial charge is 0.0642 e. The van der Waals surface area contributed by atoms with E-state index in [0.29, 0.717) is 12.5 Å². The highest BCUT2D eigenvalue weighted by Crippen LogP contribution is 2.38. The molecule has 1 saturated carbocycles. The molecule has 4 nitrogen and oxygen atoms in total. The van der Waals surface area contributed by atoms with Crippen LogP contribution >= 0.6 is 0 Å². The van der Waals surface area contributed by atoms with Crippen LogP contribution in [0, 0.1) is 17.2 Å². The molecule has 3 aliphatic rings. The lowest BCUT2D eigenvalue weighted by atomic mass is 9.78. The van der Waals surface area contributed by atoms with Gasteiger partial charge in [0, 0.05) is 38.3 Å². The van der Waals surface area contributed by atoms with E-state index in [-0.39, 0.29) is 5.54 Å². The Morgan fingerprint density at radius 2 is 1.75 bits per heavy atom. The van der Waals surface area contributed by atoms with Gasteiger partial charge in [0.1, 0.15) is 0 Å². The van der Waals surface area contributed by atoms with Crippen LogP contribution in [0.25, 0.3) is 0 Å². The van der Waals surface area contributed by atoms with Crippen LogP contribution in [0.4, 0.5) is 0 Å². The van der Waals surface area contributed by atoms with Crippen molar-refractivity contribution < 1.29 is 0 Å². The van der Waals surface area contributed by atoms with E-state index in [0.717, 1.165) is 31.6 Å². The first-order valence-corrected chi connectivity index (χ1v) is 10.3. The summed E-state index contributed by atoms with van der Waals surface area (Å²) >= 11 is 0. The van der Waals surface area contributed by atoms with Gasteiger partial charge in [-0.25, -0.2) is 0 Å². The standard InChI is InChI=1S/C20H36N4/c1-3-12-22-18-8-13-24(14-9-18)20(10-11-21)15-23(16-20)19-6-4-17(2)5-7-19/h17-19,22H,3-10,12-16H2,1-2H3. The normalized spacial score (nSPS) is 32.2. The molecular formula is C20H36N4. The minimum atomic E-state index is 0.160. The average molecular weight is 333 g/mol. The molecule has 24 heavy (non-hydrogen) atoms. The molecule has 4 heteroatoms. The minimum Gasteiger partial charge on any atom is -0.314 e. The zero-order valence-corrected chi connectivity index (χ0v) is 15.8. The Hall–Kier alpha value is -0.630. The quantitative estimate of drug-likeness (QED) is 0.812. The number of hydrogen-bond donors (Lipinski definition) is 1. The maximum absolute atomic E-state index is 9.39. The molecule has 2 aliphatic heterocycles. The van der Waals surface area contributed by atoms with Crippen molar-refractivity contribution in [1.82, 2.24) is 15.1 Å². The first-order valence-electron chi connectivity index (χ1n) is 10.3. The van der Waals surface area contributed by atoms with Crippen molar-refractivity contribution in [3.05, 3.63) is 0 Å². The van der Waals surface area contributed by atoms with Gasteiger partial charge in [-0.05, 0) is 57.4 Å². The monoisotopic (exact) mass is 332 g/mol. The van der Waals surface area contributed by atoms with Gasteiger partial charge in [-0.2, -0.15) is 5.26 Å². The summed E-state index contributed by atoms with van der Waals surface area (Å²) in [5, 5.41) is 13.1. The van der Waals surface area contributed by atoms with Crippen LogP contribution in [0.15, 0.2) is 0 Å². The Morgan fingerprint density at radius 1 is 1.08 bits per heavy atom. The number of rotatable bonds is 6. The predicted octanol–water partition coefficient (Wildman–Crippen LogP) is 3.00. The molecule has 0 spiro atoms. The Balaban J connectivity index is 1.50. The summed E-state index contributed by atoms with van der Waals surface area (Å²) < 4.78 is 0. The Labute approximate surface area is 148 Å². The van der Waals surface area contributed by atoms with E-state index in [1.165, 1.54) is 58.0 Å². The molecule has 1 aliphatic carbocycles.